The Morgan fingerprint density at radius 2 is 1.87 bits per heavy atom. The number of guanidine groups is 1. The van der Waals surface area contributed by atoms with Gasteiger partial charge in [0.05, 0.1) is 12.8 Å². The van der Waals surface area contributed by atoms with Crippen LogP contribution < -0.4 is 15.0 Å². The second kappa shape index (κ2) is 9.47. The Bertz CT molecular complexity index is 992. The Hall–Kier alpha value is -3.29. The van der Waals surface area contributed by atoms with E-state index in [0.717, 1.165) is 74.4 Å². The van der Waals surface area contributed by atoms with Crippen molar-refractivity contribution in [3.63, 3.8) is 0 Å². The number of aliphatic imine (C=N–C) groups is 1. The summed E-state index contributed by atoms with van der Waals surface area (Å²) < 4.78 is 7.56. The topological polar surface area (TPSA) is 70.3 Å². The van der Waals surface area contributed by atoms with E-state index in [1.807, 2.05) is 48.0 Å². The van der Waals surface area contributed by atoms with Crippen molar-refractivity contribution in [3.05, 3.63) is 54.5 Å². The highest BCUT2D eigenvalue weighted by Gasteiger charge is 2.21. The Morgan fingerprint density at radius 3 is 2.67 bits per heavy atom. The Balaban J connectivity index is 1.26. The number of piperazine rings is 1. The first-order chi connectivity index (χ1) is 14.8. The van der Waals surface area contributed by atoms with Gasteiger partial charge in [-0.1, -0.05) is 18.2 Å². The molecule has 4 rings (SSSR count). The third-order valence-corrected chi connectivity index (χ3v) is 5.46. The van der Waals surface area contributed by atoms with Crippen molar-refractivity contribution >= 4 is 17.3 Å². The van der Waals surface area contributed by atoms with E-state index in [9.17, 15) is 0 Å². The average molecular weight is 408 g/mol. The maximum Gasteiger partial charge on any atom is 0.193 e. The maximum absolute atomic E-state index is 5.51. The van der Waals surface area contributed by atoms with Gasteiger partial charge in [0.1, 0.15) is 11.6 Å². The Labute approximate surface area is 177 Å². The zero-order chi connectivity index (χ0) is 20.8. The first kappa shape index (κ1) is 20.0. The summed E-state index contributed by atoms with van der Waals surface area (Å²) >= 11 is 0. The fourth-order valence-corrected chi connectivity index (χ4v) is 3.89. The summed E-state index contributed by atoms with van der Waals surface area (Å²) in [6, 6.07) is 14.2. The van der Waals surface area contributed by atoms with Crippen LogP contribution in [0.1, 0.15) is 12.2 Å². The number of aromatic nitrogens is 3. The number of nitrogens with zero attached hydrogens (tertiary/aromatic N) is 6. The number of para-hydroxylation sites is 2. The highest BCUT2D eigenvalue weighted by Crippen LogP contribution is 2.28. The van der Waals surface area contributed by atoms with Crippen molar-refractivity contribution in [1.82, 2.24) is 24.8 Å². The van der Waals surface area contributed by atoms with Crippen molar-refractivity contribution in [3.8, 4) is 5.75 Å². The van der Waals surface area contributed by atoms with E-state index < -0.39 is 0 Å². The molecule has 0 atom stereocenters. The summed E-state index contributed by atoms with van der Waals surface area (Å²) in [5.41, 5.74) is 2.05. The zero-order valence-electron chi connectivity index (χ0n) is 17.7. The van der Waals surface area contributed by atoms with Crippen molar-refractivity contribution in [2.24, 2.45) is 4.99 Å². The number of aryl methyl sites for hydroxylation is 1. The van der Waals surface area contributed by atoms with Gasteiger partial charge in [0.2, 0.25) is 0 Å². The van der Waals surface area contributed by atoms with Gasteiger partial charge in [-0.3, -0.25) is 9.39 Å². The molecule has 8 nitrogen and oxygen atoms in total. The third-order valence-electron chi connectivity index (χ3n) is 5.46. The molecule has 0 radical (unpaired) electrons. The number of hydrogen-bond acceptors (Lipinski definition) is 5. The smallest absolute Gasteiger partial charge is 0.193 e. The Kier molecular flexibility index (Phi) is 6.32. The number of pyridine rings is 1. The molecule has 0 aliphatic carbocycles. The number of nitrogens with one attached hydrogen (secondary N) is 1. The van der Waals surface area contributed by atoms with Crippen LogP contribution in [0, 0.1) is 0 Å². The lowest BCUT2D eigenvalue weighted by Gasteiger charge is -2.38. The van der Waals surface area contributed by atoms with Gasteiger partial charge in [0.15, 0.2) is 11.6 Å². The van der Waals surface area contributed by atoms with Crippen molar-refractivity contribution in [1.29, 1.82) is 0 Å². The molecule has 1 aliphatic rings. The fraction of sp³-hybridized carbons (Fsp3) is 0.409. The largest absolute Gasteiger partial charge is 0.495 e. The molecule has 0 spiro atoms. The number of benzene rings is 1. The molecule has 1 fully saturated rings. The number of ether oxygens (including phenoxy) is 1. The summed E-state index contributed by atoms with van der Waals surface area (Å²) in [4.78, 5) is 9.17. The van der Waals surface area contributed by atoms with E-state index in [4.69, 9.17) is 4.74 Å². The first-order valence-electron chi connectivity index (χ1n) is 10.4. The number of rotatable bonds is 6. The molecule has 1 saturated heterocycles. The maximum atomic E-state index is 5.51. The van der Waals surface area contributed by atoms with Gasteiger partial charge >= 0.3 is 0 Å². The minimum absolute atomic E-state index is 0.848. The van der Waals surface area contributed by atoms with Crippen molar-refractivity contribution < 1.29 is 4.74 Å². The molecule has 0 amide bonds. The van der Waals surface area contributed by atoms with Crippen LogP contribution in [0.15, 0.2) is 53.7 Å². The predicted molar refractivity (Wildman–Crippen MR) is 119 cm³/mol. The van der Waals surface area contributed by atoms with E-state index in [1.165, 1.54) is 0 Å². The number of fused-ring (bicyclic) bond motifs is 1. The summed E-state index contributed by atoms with van der Waals surface area (Å²) in [5, 5.41) is 12.0. The highest BCUT2D eigenvalue weighted by molar-refractivity contribution is 5.80. The molecule has 1 N–H and O–H groups in total. The average Bonchev–Trinajstić information content (AvgIpc) is 3.22. The molecular weight excluding hydrogens is 378 g/mol. The van der Waals surface area contributed by atoms with Crippen LogP contribution >= 0.6 is 0 Å². The summed E-state index contributed by atoms with van der Waals surface area (Å²) in [7, 11) is 3.57. The Morgan fingerprint density at radius 1 is 1.07 bits per heavy atom. The van der Waals surface area contributed by atoms with E-state index in [2.05, 4.69) is 42.4 Å². The van der Waals surface area contributed by atoms with Crippen molar-refractivity contribution in [2.45, 2.75) is 12.8 Å². The molecule has 0 saturated carbocycles. The molecule has 0 unspecified atom stereocenters. The van der Waals surface area contributed by atoms with E-state index in [0.29, 0.717) is 0 Å². The lowest BCUT2D eigenvalue weighted by molar-refractivity contribution is 0.367. The third kappa shape index (κ3) is 4.32. The molecule has 8 heteroatoms. The number of anilines is 1. The van der Waals surface area contributed by atoms with Crippen LogP contribution in [-0.2, 0) is 6.42 Å². The molecule has 1 aromatic carbocycles. The minimum Gasteiger partial charge on any atom is -0.495 e. The van der Waals surface area contributed by atoms with Crippen LogP contribution in [-0.4, -0.2) is 72.3 Å². The molecule has 2 aromatic heterocycles. The fourth-order valence-electron chi connectivity index (χ4n) is 3.89. The second-order valence-corrected chi connectivity index (χ2v) is 7.27. The van der Waals surface area contributed by atoms with Gasteiger partial charge in [0, 0.05) is 52.4 Å². The molecule has 158 valence electrons. The van der Waals surface area contributed by atoms with Gasteiger partial charge < -0.3 is 19.9 Å². The lowest BCUT2D eigenvalue weighted by atomic mass is 10.2. The monoisotopic (exact) mass is 407 g/mol. The standard InChI is InChI=1S/C22H29N7O/c1-23-22(24-12-7-11-21-26-25-20-10-5-6-13-29(20)21)28-16-14-27(15-17-28)18-8-3-4-9-19(18)30-2/h3-6,8-10,13H,7,11-12,14-17H2,1-2H3,(H,23,24). The van der Waals surface area contributed by atoms with E-state index in [1.54, 1.807) is 7.11 Å². The second-order valence-electron chi connectivity index (χ2n) is 7.27. The SMILES string of the molecule is CN=C(NCCCc1nnc2ccccn12)N1CCN(c2ccccc2OC)CC1. The molecule has 30 heavy (non-hydrogen) atoms. The predicted octanol–water partition coefficient (Wildman–Crippen LogP) is 2.07. The highest BCUT2D eigenvalue weighted by atomic mass is 16.5. The molecule has 3 aromatic rings. The van der Waals surface area contributed by atoms with Gasteiger partial charge in [-0.2, -0.15) is 0 Å². The van der Waals surface area contributed by atoms with E-state index >= 15 is 0 Å². The lowest BCUT2D eigenvalue weighted by Crippen LogP contribution is -2.52. The van der Waals surface area contributed by atoms with Crippen LogP contribution in [0.2, 0.25) is 0 Å². The van der Waals surface area contributed by atoms with Crippen LogP contribution in [0.25, 0.3) is 5.65 Å². The van der Waals surface area contributed by atoms with Gasteiger partial charge in [-0.25, -0.2) is 0 Å². The molecule has 0 bridgehead atoms. The normalized spacial score (nSPS) is 14.9. The van der Waals surface area contributed by atoms with Gasteiger partial charge in [-0.05, 0) is 30.7 Å². The first-order valence-corrected chi connectivity index (χ1v) is 10.4. The van der Waals surface area contributed by atoms with E-state index in [-0.39, 0.29) is 0 Å². The molecule has 3 heterocycles. The van der Waals surface area contributed by atoms with Gasteiger partial charge in [0.25, 0.3) is 0 Å². The van der Waals surface area contributed by atoms with Crippen molar-refractivity contribution in [2.75, 3.05) is 51.8 Å². The molecular formula is C22H29N7O. The quantitative estimate of drug-likeness (QED) is 0.383. The minimum atomic E-state index is 0.848. The summed E-state index contributed by atoms with van der Waals surface area (Å²) in [6.07, 6.45) is 3.85. The summed E-state index contributed by atoms with van der Waals surface area (Å²) in [6.45, 7) is 4.57. The van der Waals surface area contributed by atoms with Crippen LogP contribution in [0.3, 0.4) is 0 Å². The summed E-state index contributed by atoms with van der Waals surface area (Å²) in [5.74, 6) is 2.88. The molecule has 1 aliphatic heterocycles. The van der Waals surface area contributed by atoms with Crippen LogP contribution in [0.4, 0.5) is 5.69 Å². The number of methoxy groups -OCH3 is 1. The van der Waals surface area contributed by atoms with Crippen LogP contribution in [0.5, 0.6) is 5.75 Å². The van der Waals surface area contributed by atoms with Gasteiger partial charge in [-0.15, -0.1) is 10.2 Å². The zero-order valence-corrected chi connectivity index (χ0v) is 17.7. The number of hydrogen-bond donors (Lipinski definition) is 1.